The average Bonchev–Trinajstić information content (AvgIpc) is 2.91. The largest absolute Gasteiger partial charge is 0.496 e. The van der Waals surface area contributed by atoms with Crippen LogP contribution in [-0.4, -0.2) is 38.7 Å². The van der Waals surface area contributed by atoms with Crippen LogP contribution >= 0.6 is 0 Å². The minimum Gasteiger partial charge on any atom is -0.496 e. The van der Waals surface area contributed by atoms with E-state index in [1.165, 1.54) is 24.1 Å². The minimum absolute atomic E-state index is 0.797. The van der Waals surface area contributed by atoms with E-state index in [0.29, 0.717) is 0 Å². The molecule has 1 aromatic rings. The molecule has 0 amide bonds. The maximum absolute atomic E-state index is 5.48. The molecule has 0 saturated carbocycles. The molecule has 1 heterocycles. The van der Waals surface area contributed by atoms with Crippen LogP contribution in [0.3, 0.4) is 0 Å². The van der Waals surface area contributed by atoms with E-state index in [0.717, 1.165) is 37.7 Å². The molecule has 0 radical (unpaired) electrons. The lowest BCUT2D eigenvalue weighted by molar-refractivity contribution is 0.273. The van der Waals surface area contributed by atoms with E-state index in [1.54, 1.807) is 7.11 Å². The van der Waals surface area contributed by atoms with Gasteiger partial charge in [0.25, 0.3) is 0 Å². The molecule has 1 atom stereocenters. The Balaban J connectivity index is 1.99. The zero-order valence-electron chi connectivity index (χ0n) is 12.4. The highest BCUT2D eigenvalue weighted by molar-refractivity contribution is 5.37. The maximum atomic E-state index is 5.48. The van der Waals surface area contributed by atoms with E-state index in [9.17, 15) is 0 Å². The predicted octanol–water partition coefficient (Wildman–Crippen LogP) is 2.30. The number of nitrogens with one attached hydrogen (secondary N) is 1. The van der Waals surface area contributed by atoms with Crippen molar-refractivity contribution < 1.29 is 4.74 Å². The number of hydrogen-bond donors (Lipinski definition) is 1. The molecule has 1 unspecified atom stereocenters. The molecule has 0 spiro atoms. The summed E-state index contributed by atoms with van der Waals surface area (Å²) >= 11 is 0. The number of ether oxygens (including phenoxy) is 1. The number of hydrogen-bond acceptors (Lipinski definition) is 3. The molecule has 106 valence electrons. The first-order valence-corrected chi connectivity index (χ1v) is 7.28. The SMILES string of the molecule is CCc1ccc(OC)c(CN(C)CC2CCNC2)c1. The molecule has 1 aliphatic rings. The van der Waals surface area contributed by atoms with Gasteiger partial charge in [-0.25, -0.2) is 0 Å². The van der Waals surface area contributed by atoms with Crippen molar-refractivity contribution in [3.8, 4) is 5.75 Å². The number of rotatable bonds is 6. The first-order valence-electron chi connectivity index (χ1n) is 7.28. The zero-order valence-corrected chi connectivity index (χ0v) is 12.4. The van der Waals surface area contributed by atoms with Gasteiger partial charge in [0, 0.05) is 18.7 Å². The van der Waals surface area contributed by atoms with Gasteiger partial charge >= 0.3 is 0 Å². The highest BCUT2D eigenvalue weighted by Crippen LogP contribution is 2.22. The van der Waals surface area contributed by atoms with Gasteiger partial charge in [-0.3, -0.25) is 0 Å². The quantitative estimate of drug-likeness (QED) is 0.851. The third-order valence-electron chi connectivity index (χ3n) is 3.93. The van der Waals surface area contributed by atoms with Gasteiger partial charge in [-0.2, -0.15) is 0 Å². The van der Waals surface area contributed by atoms with Crippen molar-refractivity contribution >= 4 is 0 Å². The van der Waals surface area contributed by atoms with Crippen LogP contribution in [-0.2, 0) is 13.0 Å². The number of methoxy groups -OCH3 is 1. The summed E-state index contributed by atoms with van der Waals surface area (Å²) in [6, 6.07) is 6.53. The van der Waals surface area contributed by atoms with Crippen LogP contribution in [0, 0.1) is 5.92 Å². The summed E-state index contributed by atoms with van der Waals surface area (Å²) in [6.07, 6.45) is 2.38. The van der Waals surface area contributed by atoms with Gasteiger partial charge in [-0.1, -0.05) is 19.1 Å². The second-order valence-corrected chi connectivity index (χ2v) is 5.56. The van der Waals surface area contributed by atoms with Crippen molar-refractivity contribution in [2.24, 2.45) is 5.92 Å². The van der Waals surface area contributed by atoms with Crippen molar-refractivity contribution in [2.45, 2.75) is 26.3 Å². The van der Waals surface area contributed by atoms with Gasteiger partial charge in [-0.05, 0) is 50.5 Å². The number of benzene rings is 1. The van der Waals surface area contributed by atoms with Gasteiger partial charge in [-0.15, -0.1) is 0 Å². The van der Waals surface area contributed by atoms with Crippen LogP contribution in [0.5, 0.6) is 5.75 Å². The van der Waals surface area contributed by atoms with Gasteiger partial charge in [0.05, 0.1) is 7.11 Å². The monoisotopic (exact) mass is 262 g/mol. The van der Waals surface area contributed by atoms with E-state index < -0.39 is 0 Å². The Morgan fingerprint density at radius 1 is 1.42 bits per heavy atom. The van der Waals surface area contributed by atoms with Crippen molar-refractivity contribution in [1.29, 1.82) is 0 Å². The summed E-state index contributed by atoms with van der Waals surface area (Å²) in [6.45, 7) is 6.66. The Labute approximate surface area is 116 Å². The Bertz CT molecular complexity index is 400. The molecule has 1 saturated heterocycles. The molecule has 2 rings (SSSR count). The van der Waals surface area contributed by atoms with Crippen LogP contribution in [0.25, 0.3) is 0 Å². The lowest BCUT2D eigenvalue weighted by Crippen LogP contribution is -2.26. The molecule has 1 aliphatic heterocycles. The van der Waals surface area contributed by atoms with Crippen LogP contribution in [0.15, 0.2) is 18.2 Å². The minimum atomic E-state index is 0.797. The van der Waals surface area contributed by atoms with Gasteiger partial charge in [0.2, 0.25) is 0 Å². The third kappa shape index (κ3) is 3.95. The van der Waals surface area contributed by atoms with Crippen molar-refractivity contribution in [1.82, 2.24) is 10.2 Å². The lowest BCUT2D eigenvalue weighted by Gasteiger charge is -2.22. The maximum Gasteiger partial charge on any atom is 0.123 e. The van der Waals surface area contributed by atoms with E-state index in [2.05, 4.69) is 42.4 Å². The smallest absolute Gasteiger partial charge is 0.123 e. The molecular weight excluding hydrogens is 236 g/mol. The standard InChI is InChI=1S/C16H26N2O/c1-4-13-5-6-16(19-3)15(9-13)12-18(2)11-14-7-8-17-10-14/h5-6,9,14,17H,4,7-8,10-12H2,1-3H3. The summed E-state index contributed by atoms with van der Waals surface area (Å²) in [5.74, 6) is 1.80. The highest BCUT2D eigenvalue weighted by Gasteiger charge is 2.17. The Hall–Kier alpha value is -1.06. The summed E-state index contributed by atoms with van der Waals surface area (Å²) in [4.78, 5) is 2.41. The normalized spacial score (nSPS) is 19.1. The summed E-state index contributed by atoms with van der Waals surface area (Å²) in [7, 11) is 3.96. The molecule has 19 heavy (non-hydrogen) atoms. The van der Waals surface area contributed by atoms with E-state index in [4.69, 9.17) is 4.74 Å². The summed E-state index contributed by atoms with van der Waals surface area (Å²) < 4.78 is 5.48. The van der Waals surface area contributed by atoms with Crippen LogP contribution < -0.4 is 10.1 Å². The zero-order chi connectivity index (χ0) is 13.7. The van der Waals surface area contributed by atoms with E-state index in [-0.39, 0.29) is 0 Å². The Morgan fingerprint density at radius 2 is 2.26 bits per heavy atom. The molecule has 0 aliphatic carbocycles. The van der Waals surface area contributed by atoms with E-state index >= 15 is 0 Å². The fourth-order valence-corrected chi connectivity index (χ4v) is 2.84. The predicted molar refractivity (Wildman–Crippen MR) is 79.7 cm³/mol. The Morgan fingerprint density at radius 3 is 2.89 bits per heavy atom. The van der Waals surface area contributed by atoms with Crippen molar-refractivity contribution in [3.63, 3.8) is 0 Å². The molecule has 1 fully saturated rings. The number of nitrogens with zero attached hydrogens (tertiary/aromatic N) is 1. The van der Waals surface area contributed by atoms with Crippen LogP contribution in [0.2, 0.25) is 0 Å². The first-order chi connectivity index (χ1) is 9.22. The van der Waals surface area contributed by atoms with Gasteiger partial charge in [0.15, 0.2) is 0 Å². The molecule has 0 bridgehead atoms. The summed E-state index contributed by atoms with van der Waals surface area (Å²) in [5.41, 5.74) is 2.68. The third-order valence-corrected chi connectivity index (χ3v) is 3.93. The molecule has 1 N–H and O–H groups in total. The van der Waals surface area contributed by atoms with Crippen molar-refractivity contribution in [3.05, 3.63) is 29.3 Å². The fourth-order valence-electron chi connectivity index (χ4n) is 2.84. The van der Waals surface area contributed by atoms with E-state index in [1.807, 2.05) is 0 Å². The topological polar surface area (TPSA) is 24.5 Å². The second kappa shape index (κ2) is 6.92. The molecule has 0 aromatic heterocycles. The molecule has 3 nitrogen and oxygen atoms in total. The lowest BCUT2D eigenvalue weighted by atomic mass is 10.1. The van der Waals surface area contributed by atoms with Gasteiger partial charge < -0.3 is 15.0 Å². The Kier molecular flexibility index (Phi) is 5.23. The second-order valence-electron chi connectivity index (χ2n) is 5.56. The van der Waals surface area contributed by atoms with Crippen molar-refractivity contribution in [2.75, 3.05) is 33.8 Å². The van der Waals surface area contributed by atoms with Crippen LogP contribution in [0.4, 0.5) is 0 Å². The molecule has 1 aromatic carbocycles. The highest BCUT2D eigenvalue weighted by atomic mass is 16.5. The number of aryl methyl sites for hydroxylation is 1. The fraction of sp³-hybridized carbons (Fsp3) is 0.625. The van der Waals surface area contributed by atoms with Gasteiger partial charge in [0.1, 0.15) is 5.75 Å². The molecule has 3 heteroatoms. The molecular formula is C16H26N2O. The van der Waals surface area contributed by atoms with Crippen LogP contribution in [0.1, 0.15) is 24.5 Å². The first kappa shape index (κ1) is 14.4. The summed E-state index contributed by atoms with van der Waals surface area (Å²) in [5, 5.41) is 3.43. The average molecular weight is 262 g/mol.